The minimum absolute atomic E-state index is 0.629. The molecule has 0 N–H and O–H groups in total. The normalized spacial score (nSPS) is 35.1. The van der Waals surface area contributed by atoms with Crippen LogP contribution in [0.4, 0.5) is 57.1 Å². The van der Waals surface area contributed by atoms with Crippen LogP contribution in [0, 0.1) is 0 Å². The van der Waals surface area contributed by atoms with Gasteiger partial charge in [0.2, 0.25) is 0 Å². The summed E-state index contributed by atoms with van der Waals surface area (Å²) in [5.41, 5.74) is 0. The van der Waals surface area contributed by atoms with E-state index in [0.717, 1.165) is 0 Å². The molecule has 1 aliphatic rings. The van der Waals surface area contributed by atoms with Crippen LogP contribution in [-0.2, 0) is 9.47 Å². The fraction of sp³-hybridized carbons (Fsp3) is 1.00. The van der Waals surface area contributed by atoms with Gasteiger partial charge >= 0.3 is 41.6 Å². The van der Waals surface area contributed by atoms with Crippen LogP contribution in [0.1, 0.15) is 20.8 Å². The molecule has 0 radical (unpaired) electrons. The molecule has 1 aliphatic heterocycles. The maximum atomic E-state index is 14.4. The van der Waals surface area contributed by atoms with Crippen molar-refractivity contribution >= 4 is 0 Å². The monoisotopic (exact) mass is 420 g/mol. The molecule has 1 fully saturated rings. The van der Waals surface area contributed by atoms with Crippen molar-refractivity contribution in [3.05, 3.63) is 0 Å². The fourth-order valence-electron chi connectivity index (χ4n) is 1.90. The molecule has 0 spiro atoms. The molecule has 0 bridgehead atoms. The Morgan fingerprint density at radius 2 is 0.808 bits per heavy atom. The number of hydrogen-bond acceptors (Lipinski definition) is 2. The van der Waals surface area contributed by atoms with Crippen LogP contribution < -0.4 is 0 Å². The van der Waals surface area contributed by atoms with Crippen molar-refractivity contribution in [1.82, 2.24) is 0 Å². The van der Waals surface area contributed by atoms with Crippen molar-refractivity contribution in [3.8, 4) is 0 Å². The molecule has 1 heterocycles. The summed E-state index contributed by atoms with van der Waals surface area (Å²) in [5.74, 6) is -43.6. The van der Waals surface area contributed by atoms with Crippen LogP contribution in [0.5, 0.6) is 0 Å². The van der Waals surface area contributed by atoms with E-state index in [2.05, 4.69) is 9.47 Å². The van der Waals surface area contributed by atoms with E-state index in [9.17, 15) is 57.1 Å². The SMILES string of the molecule is CC(F)(F)C(F)(F)C1(F)OC(C)(C(F)(F)F)OC1(F)C(F)(F)C(C)(F)F. The summed E-state index contributed by atoms with van der Waals surface area (Å²) in [4.78, 5) is 0. The average molecular weight is 420 g/mol. The zero-order valence-electron chi connectivity index (χ0n) is 12.7. The summed E-state index contributed by atoms with van der Waals surface area (Å²) in [6, 6.07) is 0. The van der Waals surface area contributed by atoms with Crippen LogP contribution in [-0.4, -0.2) is 47.4 Å². The number of alkyl halides is 13. The van der Waals surface area contributed by atoms with Crippen molar-refractivity contribution in [2.75, 3.05) is 0 Å². The quantitative estimate of drug-likeness (QED) is 0.581. The number of rotatable bonds is 4. The van der Waals surface area contributed by atoms with E-state index in [-0.39, 0.29) is 0 Å². The maximum absolute atomic E-state index is 14.4. The summed E-state index contributed by atoms with van der Waals surface area (Å²) in [7, 11) is 0. The van der Waals surface area contributed by atoms with Gasteiger partial charge in [0.15, 0.2) is 0 Å². The molecule has 1 saturated heterocycles. The second kappa shape index (κ2) is 5.29. The molecule has 0 aromatic carbocycles. The van der Waals surface area contributed by atoms with Crippen LogP contribution >= 0.6 is 0 Å². The van der Waals surface area contributed by atoms with Crippen molar-refractivity contribution in [3.63, 3.8) is 0 Å². The van der Waals surface area contributed by atoms with E-state index < -0.39 is 68.1 Å². The van der Waals surface area contributed by atoms with E-state index in [1.54, 1.807) is 0 Å². The molecule has 0 aromatic rings. The Morgan fingerprint density at radius 1 is 0.577 bits per heavy atom. The topological polar surface area (TPSA) is 18.5 Å². The molecular weight excluding hydrogens is 411 g/mol. The lowest BCUT2D eigenvalue weighted by Crippen LogP contribution is -2.72. The molecule has 0 amide bonds. The minimum Gasteiger partial charge on any atom is -0.295 e. The Labute approximate surface area is 136 Å². The summed E-state index contributed by atoms with van der Waals surface area (Å²) in [6.45, 7) is -2.40. The van der Waals surface area contributed by atoms with Gasteiger partial charge in [-0.2, -0.15) is 57.1 Å². The van der Waals surface area contributed by atoms with Crippen molar-refractivity contribution in [2.24, 2.45) is 0 Å². The minimum atomic E-state index is -6.80. The van der Waals surface area contributed by atoms with Gasteiger partial charge in [-0.15, -0.1) is 0 Å². The first kappa shape index (κ1) is 23.0. The summed E-state index contributed by atoms with van der Waals surface area (Å²) < 4.78 is 179. The van der Waals surface area contributed by atoms with E-state index in [1.807, 2.05) is 0 Å². The van der Waals surface area contributed by atoms with Gasteiger partial charge in [-0.05, 0) is 6.92 Å². The number of ether oxygens (including phenoxy) is 2. The summed E-state index contributed by atoms with van der Waals surface area (Å²) in [5, 5.41) is 0. The fourth-order valence-corrected chi connectivity index (χ4v) is 1.90. The predicted molar refractivity (Wildman–Crippen MR) is 55.4 cm³/mol. The van der Waals surface area contributed by atoms with Crippen LogP contribution in [0.2, 0.25) is 0 Å². The molecule has 0 saturated carbocycles. The van der Waals surface area contributed by atoms with Gasteiger partial charge in [-0.25, -0.2) is 0 Å². The molecule has 1 rings (SSSR count). The average Bonchev–Trinajstić information content (AvgIpc) is 2.56. The molecule has 2 nitrogen and oxygen atoms in total. The third-order valence-electron chi connectivity index (χ3n) is 3.51. The van der Waals surface area contributed by atoms with Crippen LogP contribution in [0.3, 0.4) is 0 Å². The summed E-state index contributed by atoms with van der Waals surface area (Å²) in [6.07, 6.45) is -6.27. The second-order valence-electron chi connectivity index (χ2n) is 5.76. The molecule has 15 heteroatoms. The van der Waals surface area contributed by atoms with Crippen molar-refractivity contribution < 1.29 is 66.5 Å². The third kappa shape index (κ3) is 2.64. The van der Waals surface area contributed by atoms with Gasteiger partial charge < -0.3 is 0 Å². The number of halogens is 13. The second-order valence-corrected chi connectivity index (χ2v) is 5.76. The largest absolute Gasteiger partial charge is 0.443 e. The highest BCUT2D eigenvalue weighted by atomic mass is 19.4. The molecular formula is C11H9F13O2. The highest BCUT2D eigenvalue weighted by molar-refractivity contribution is 5.16. The lowest BCUT2D eigenvalue weighted by Gasteiger charge is -2.42. The smallest absolute Gasteiger partial charge is 0.295 e. The van der Waals surface area contributed by atoms with E-state index in [1.165, 1.54) is 0 Å². The first-order valence-corrected chi connectivity index (χ1v) is 6.27. The molecule has 156 valence electrons. The van der Waals surface area contributed by atoms with E-state index in [4.69, 9.17) is 0 Å². The zero-order chi connectivity index (χ0) is 21.4. The van der Waals surface area contributed by atoms with Gasteiger partial charge in [0, 0.05) is 13.8 Å². The highest BCUT2D eigenvalue weighted by Gasteiger charge is 2.94. The Bertz CT molecular complexity index is 520. The zero-order valence-corrected chi connectivity index (χ0v) is 12.7. The molecule has 26 heavy (non-hydrogen) atoms. The standard InChI is InChI=1S/C11H9F13O2/c1-4(12,13)7(16,17)9(20)10(21,8(18,19)5(2,14)15)26-6(3,25-9)11(22,23)24/h1-3H3. The first-order valence-electron chi connectivity index (χ1n) is 6.27. The third-order valence-corrected chi connectivity index (χ3v) is 3.51. The first-order chi connectivity index (χ1) is 10.9. The van der Waals surface area contributed by atoms with E-state index >= 15 is 0 Å². The van der Waals surface area contributed by atoms with Crippen molar-refractivity contribution in [2.45, 2.75) is 68.1 Å². The van der Waals surface area contributed by atoms with Gasteiger partial charge in [-0.1, -0.05) is 0 Å². The molecule has 0 aliphatic carbocycles. The predicted octanol–water partition coefficient (Wildman–Crippen LogP) is 5.22. The highest BCUT2D eigenvalue weighted by Crippen LogP contribution is 2.66. The summed E-state index contributed by atoms with van der Waals surface area (Å²) >= 11 is 0. The van der Waals surface area contributed by atoms with Gasteiger partial charge in [-0.3, -0.25) is 9.47 Å². The Morgan fingerprint density at radius 3 is 0.962 bits per heavy atom. The van der Waals surface area contributed by atoms with E-state index in [0.29, 0.717) is 0 Å². The van der Waals surface area contributed by atoms with Crippen LogP contribution in [0.25, 0.3) is 0 Å². The lowest BCUT2D eigenvalue weighted by atomic mass is 9.90. The van der Waals surface area contributed by atoms with Gasteiger partial charge in [0.1, 0.15) is 0 Å². The Hall–Kier alpha value is -0.990. The molecule has 2 unspecified atom stereocenters. The Kier molecular flexibility index (Phi) is 4.69. The van der Waals surface area contributed by atoms with Crippen molar-refractivity contribution in [1.29, 1.82) is 0 Å². The molecule has 2 atom stereocenters. The molecule has 0 aromatic heterocycles. The Balaban J connectivity index is 3.85. The van der Waals surface area contributed by atoms with Gasteiger partial charge in [0.05, 0.1) is 0 Å². The number of hydrogen-bond donors (Lipinski definition) is 0. The van der Waals surface area contributed by atoms with Crippen LogP contribution in [0.15, 0.2) is 0 Å². The van der Waals surface area contributed by atoms with Gasteiger partial charge in [0.25, 0.3) is 5.79 Å². The maximum Gasteiger partial charge on any atom is 0.443 e. The lowest BCUT2D eigenvalue weighted by molar-refractivity contribution is -0.423.